The van der Waals surface area contributed by atoms with Crippen LogP contribution in [0.2, 0.25) is 0 Å². The molecule has 2 rings (SSSR count). The van der Waals surface area contributed by atoms with Crippen molar-refractivity contribution in [2.75, 3.05) is 11.9 Å². The fourth-order valence-electron chi connectivity index (χ4n) is 2.01. The summed E-state index contributed by atoms with van der Waals surface area (Å²) in [6.07, 6.45) is 0.366. The number of nitrogens with two attached hydrogens (primary N) is 1. The number of anilines is 1. The zero-order valence-corrected chi connectivity index (χ0v) is 12.0. The number of carbonyl (C=O) groups is 1. The molecule has 3 nitrogen and oxygen atoms in total. The highest BCUT2D eigenvalue weighted by Gasteiger charge is 2.06. The molecule has 0 saturated heterocycles. The monoisotopic (exact) mass is 278 g/mol. The molecule has 21 heavy (non-hydrogen) atoms. The van der Waals surface area contributed by atoms with Crippen LogP contribution in [0, 0.1) is 18.8 Å². The molecule has 0 unspecified atom stereocenters. The Morgan fingerprint density at radius 2 is 2.00 bits per heavy atom. The smallest absolute Gasteiger partial charge is 0.228 e. The van der Waals surface area contributed by atoms with Crippen LogP contribution < -0.4 is 11.1 Å². The second kappa shape index (κ2) is 7.28. The summed E-state index contributed by atoms with van der Waals surface area (Å²) >= 11 is 0. The Labute approximate surface area is 125 Å². The molecule has 3 heteroatoms. The third-order valence-electron chi connectivity index (χ3n) is 3.09. The largest absolute Gasteiger partial charge is 0.326 e. The van der Waals surface area contributed by atoms with E-state index in [9.17, 15) is 4.79 Å². The first kappa shape index (κ1) is 14.8. The summed E-state index contributed by atoms with van der Waals surface area (Å²) in [7, 11) is 0. The van der Waals surface area contributed by atoms with Crippen LogP contribution in [0.4, 0.5) is 5.69 Å². The highest BCUT2D eigenvalue weighted by atomic mass is 16.1. The highest BCUT2D eigenvalue weighted by Crippen LogP contribution is 2.12. The molecule has 0 aliphatic heterocycles. The van der Waals surface area contributed by atoms with Gasteiger partial charge in [0.05, 0.1) is 13.0 Å². The maximum absolute atomic E-state index is 12.1. The van der Waals surface area contributed by atoms with E-state index in [0.717, 1.165) is 22.4 Å². The Kier molecular flexibility index (Phi) is 5.14. The normalized spacial score (nSPS) is 9.62. The van der Waals surface area contributed by atoms with E-state index in [4.69, 9.17) is 5.73 Å². The van der Waals surface area contributed by atoms with Gasteiger partial charge >= 0.3 is 0 Å². The van der Waals surface area contributed by atoms with Crippen molar-refractivity contribution in [3.05, 3.63) is 65.2 Å². The molecular formula is C18H18N2O. The fourth-order valence-corrected chi connectivity index (χ4v) is 2.01. The van der Waals surface area contributed by atoms with Crippen molar-refractivity contribution in [1.82, 2.24) is 0 Å². The lowest BCUT2D eigenvalue weighted by molar-refractivity contribution is -0.115. The average molecular weight is 278 g/mol. The summed E-state index contributed by atoms with van der Waals surface area (Å²) in [5, 5.41) is 2.90. The molecule has 1 amide bonds. The molecule has 0 aliphatic carbocycles. The van der Waals surface area contributed by atoms with Crippen LogP contribution in [0.1, 0.15) is 16.7 Å². The van der Waals surface area contributed by atoms with E-state index in [1.165, 1.54) is 0 Å². The van der Waals surface area contributed by atoms with Crippen LogP contribution in [0.15, 0.2) is 48.5 Å². The van der Waals surface area contributed by atoms with Gasteiger partial charge in [-0.3, -0.25) is 4.79 Å². The van der Waals surface area contributed by atoms with Gasteiger partial charge in [0.2, 0.25) is 5.91 Å². The predicted molar refractivity (Wildman–Crippen MR) is 85.9 cm³/mol. The molecule has 2 aromatic rings. The molecule has 0 spiro atoms. The third kappa shape index (κ3) is 4.48. The summed E-state index contributed by atoms with van der Waals surface area (Å²) < 4.78 is 0. The van der Waals surface area contributed by atoms with E-state index in [-0.39, 0.29) is 5.91 Å². The summed E-state index contributed by atoms with van der Waals surface area (Å²) in [6.45, 7) is 2.33. The Bertz CT molecular complexity index is 696. The second-order valence-corrected chi connectivity index (χ2v) is 4.74. The molecule has 0 heterocycles. The molecule has 0 radical (unpaired) electrons. The van der Waals surface area contributed by atoms with Crippen LogP contribution >= 0.6 is 0 Å². The SMILES string of the molecule is Cc1ccccc1CC(=O)Nc1cccc(C#CCN)c1. The molecule has 0 saturated carbocycles. The molecule has 0 aliphatic rings. The van der Waals surface area contributed by atoms with Gasteiger partial charge in [-0.15, -0.1) is 0 Å². The van der Waals surface area contributed by atoms with E-state index < -0.39 is 0 Å². The summed E-state index contributed by atoms with van der Waals surface area (Å²) in [5.41, 5.74) is 9.10. The van der Waals surface area contributed by atoms with E-state index in [1.54, 1.807) is 0 Å². The molecule has 2 aromatic carbocycles. The van der Waals surface area contributed by atoms with Crippen LogP contribution in [0.25, 0.3) is 0 Å². The predicted octanol–water partition coefficient (Wildman–Crippen LogP) is 2.49. The second-order valence-electron chi connectivity index (χ2n) is 4.74. The molecular weight excluding hydrogens is 260 g/mol. The Hall–Kier alpha value is -2.57. The van der Waals surface area contributed by atoms with Crippen LogP contribution in [-0.4, -0.2) is 12.5 Å². The molecule has 3 N–H and O–H groups in total. The summed E-state index contributed by atoms with van der Waals surface area (Å²) in [5.74, 6) is 5.71. The standard InChI is InChI=1S/C18H18N2O/c1-14-6-2-3-9-16(14)13-18(21)20-17-10-4-7-15(12-17)8-5-11-19/h2-4,6-7,9-10,12H,11,13,19H2,1H3,(H,20,21). The first-order valence-corrected chi connectivity index (χ1v) is 6.82. The van der Waals surface area contributed by atoms with E-state index >= 15 is 0 Å². The number of rotatable bonds is 3. The maximum Gasteiger partial charge on any atom is 0.228 e. The minimum absolute atomic E-state index is 0.0340. The Morgan fingerprint density at radius 1 is 1.19 bits per heavy atom. The minimum atomic E-state index is -0.0340. The first-order chi connectivity index (χ1) is 10.2. The number of carbonyl (C=O) groups excluding carboxylic acids is 1. The molecule has 0 atom stereocenters. The lowest BCUT2D eigenvalue weighted by Crippen LogP contribution is -2.15. The van der Waals surface area contributed by atoms with Gasteiger partial charge in [0.1, 0.15) is 0 Å². The number of aryl methyl sites for hydroxylation is 1. The highest BCUT2D eigenvalue weighted by molar-refractivity contribution is 5.92. The first-order valence-electron chi connectivity index (χ1n) is 6.82. The molecule has 0 bridgehead atoms. The lowest BCUT2D eigenvalue weighted by Gasteiger charge is -2.07. The molecule has 0 fully saturated rings. The van der Waals surface area contributed by atoms with Gasteiger partial charge in [0.25, 0.3) is 0 Å². The Morgan fingerprint density at radius 3 is 2.76 bits per heavy atom. The van der Waals surface area contributed by atoms with Gasteiger partial charge in [0.15, 0.2) is 0 Å². The maximum atomic E-state index is 12.1. The number of benzene rings is 2. The average Bonchev–Trinajstić information content (AvgIpc) is 2.48. The summed E-state index contributed by atoms with van der Waals surface area (Å²) in [6, 6.07) is 15.3. The van der Waals surface area contributed by atoms with Gasteiger partial charge in [-0.2, -0.15) is 0 Å². The number of hydrogen-bond donors (Lipinski definition) is 2. The van der Waals surface area contributed by atoms with Crippen molar-refractivity contribution in [3.8, 4) is 11.8 Å². The van der Waals surface area contributed by atoms with E-state index in [0.29, 0.717) is 13.0 Å². The number of nitrogens with one attached hydrogen (secondary N) is 1. The van der Waals surface area contributed by atoms with Gasteiger partial charge < -0.3 is 11.1 Å². The zero-order valence-electron chi connectivity index (χ0n) is 12.0. The fraction of sp³-hybridized carbons (Fsp3) is 0.167. The van der Waals surface area contributed by atoms with Gasteiger partial charge in [-0.25, -0.2) is 0 Å². The Balaban J connectivity index is 2.04. The van der Waals surface area contributed by atoms with Gasteiger partial charge in [-0.1, -0.05) is 42.2 Å². The topological polar surface area (TPSA) is 55.1 Å². The van der Waals surface area contributed by atoms with E-state index in [1.807, 2.05) is 55.5 Å². The molecule has 0 aromatic heterocycles. The van der Waals surface area contributed by atoms with Crippen molar-refractivity contribution in [1.29, 1.82) is 0 Å². The number of amides is 1. The number of hydrogen-bond acceptors (Lipinski definition) is 2. The van der Waals surface area contributed by atoms with Crippen LogP contribution in [0.3, 0.4) is 0 Å². The van der Waals surface area contributed by atoms with Gasteiger partial charge in [-0.05, 0) is 36.2 Å². The zero-order chi connectivity index (χ0) is 15.1. The molecule has 106 valence electrons. The third-order valence-corrected chi connectivity index (χ3v) is 3.09. The van der Waals surface area contributed by atoms with Crippen molar-refractivity contribution in [2.24, 2.45) is 5.73 Å². The van der Waals surface area contributed by atoms with Crippen LogP contribution in [-0.2, 0) is 11.2 Å². The van der Waals surface area contributed by atoms with Gasteiger partial charge in [0, 0.05) is 11.3 Å². The minimum Gasteiger partial charge on any atom is -0.326 e. The van der Waals surface area contributed by atoms with Crippen molar-refractivity contribution < 1.29 is 4.79 Å². The van der Waals surface area contributed by atoms with Crippen molar-refractivity contribution in [2.45, 2.75) is 13.3 Å². The summed E-state index contributed by atoms with van der Waals surface area (Å²) in [4.78, 5) is 12.1. The van der Waals surface area contributed by atoms with Crippen molar-refractivity contribution in [3.63, 3.8) is 0 Å². The van der Waals surface area contributed by atoms with Crippen molar-refractivity contribution >= 4 is 11.6 Å². The van der Waals surface area contributed by atoms with Crippen LogP contribution in [0.5, 0.6) is 0 Å². The quantitative estimate of drug-likeness (QED) is 0.848. The van der Waals surface area contributed by atoms with E-state index in [2.05, 4.69) is 17.2 Å². The lowest BCUT2D eigenvalue weighted by atomic mass is 10.1.